The van der Waals surface area contributed by atoms with E-state index in [1.807, 2.05) is 0 Å². The zero-order chi connectivity index (χ0) is 11.1. The van der Waals surface area contributed by atoms with Crippen LogP contribution < -0.4 is 0 Å². The van der Waals surface area contributed by atoms with Gasteiger partial charge >= 0.3 is 0 Å². The maximum absolute atomic E-state index is 9.92. The molecule has 0 bridgehead atoms. The van der Waals surface area contributed by atoms with Crippen molar-refractivity contribution in [1.29, 1.82) is 0 Å². The third kappa shape index (κ3) is 2.01. The number of ether oxygens (including phenoxy) is 3. The van der Waals surface area contributed by atoms with Gasteiger partial charge in [0.15, 0.2) is 5.79 Å². The van der Waals surface area contributed by atoms with E-state index < -0.39 is 24.1 Å². The topological polar surface area (TPSA) is 68.2 Å². The molecule has 1 saturated heterocycles. The summed E-state index contributed by atoms with van der Waals surface area (Å²) in [7, 11) is 0. The standard InChI is InChI=1S/C10H16O5/c1-10(2)14-6-3-4-13-7(5-11)8(12)9(6)15-10/h3-4,6-9,11-12H,5H2,1-2H3/t6?,7?,8-,9?/m1/s1. The minimum Gasteiger partial charge on any atom is -0.493 e. The molecule has 2 aliphatic rings. The number of aliphatic hydroxyl groups is 2. The second-order valence-corrected chi connectivity index (χ2v) is 4.24. The molecule has 2 rings (SSSR count). The van der Waals surface area contributed by atoms with Gasteiger partial charge in [0.05, 0.1) is 12.9 Å². The first-order valence-electron chi connectivity index (χ1n) is 5.00. The van der Waals surface area contributed by atoms with Crippen LogP contribution in [0.1, 0.15) is 13.8 Å². The van der Waals surface area contributed by atoms with Crippen molar-refractivity contribution in [1.82, 2.24) is 0 Å². The lowest BCUT2D eigenvalue weighted by Gasteiger charge is -2.24. The Kier molecular flexibility index (Phi) is 2.72. The monoisotopic (exact) mass is 216 g/mol. The molecule has 0 aromatic heterocycles. The van der Waals surface area contributed by atoms with Crippen LogP contribution in [0.25, 0.3) is 0 Å². The summed E-state index contributed by atoms with van der Waals surface area (Å²) in [4.78, 5) is 0. The van der Waals surface area contributed by atoms with Crippen LogP contribution in [0.2, 0.25) is 0 Å². The molecule has 4 atom stereocenters. The molecule has 0 amide bonds. The Morgan fingerprint density at radius 3 is 2.73 bits per heavy atom. The van der Waals surface area contributed by atoms with Crippen molar-refractivity contribution >= 4 is 0 Å². The molecule has 0 spiro atoms. The van der Waals surface area contributed by atoms with Gasteiger partial charge < -0.3 is 24.4 Å². The number of hydrogen-bond acceptors (Lipinski definition) is 5. The Hall–Kier alpha value is -0.620. The van der Waals surface area contributed by atoms with Gasteiger partial charge in [-0.15, -0.1) is 0 Å². The predicted molar refractivity (Wildman–Crippen MR) is 50.9 cm³/mol. The smallest absolute Gasteiger partial charge is 0.164 e. The molecule has 0 aromatic rings. The van der Waals surface area contributed by atoms with E-state index in [2.05, 4.69) is 0 Å². The minimum absolute atomic E-state index is 0.251. The fourth-order valence-corrected chi connectivity index (χ4v) is 1.90. The Balaban J connectivity index is 2.17. The van der Waals surface area contributed by atoms with E-state index in [9.17, 15) is 5.11 Å². The van der Waals surface area contributed by atoms with Crippen molar-refractivity contribution in [3.63, 3.8) is 0 Å². The Morgan fingerprint density at radius 2 is 2.07 bits per heavy atom. The van der Waals surface area contributed by atoms with Crippen molar-refractivity contribution in [3.05, 3.63) is 12.3 Å². The summed E-state index contributed by atoms with van der Waals surface area (Å²) in [5.41, 5.74) is 0. The van der Waals surface area contributed by atoms with E-state index in [0.717, 1.165) is 0 Å². The third-order valence-corrected chi connectivity index (χ3v) is 2.58. The molecule has 2 N–H and O–H groups in total. The summed E-state index contributed by atoms with van der Waals surface area (Å²) in [5.74, 6) is -0.710. The van der Waals surface area contributed by atoms with Crippen molar-refractivity contribution in [3.8, 4) is 0 Å². The van der Waals surface area contributed by atoms with Crippen LogP contribution in [-0.2, 0) is 14.2 Å². The molecular formula is C10H16O5. The highest BCUT2D eigenvalue weighted by molar-refractivity contribution is 5.02. The SMILES string of the molecule is CC1(C)OC2C=COC(CO)[C@@H](O)C2O1. The molecule has 2 heterocycles. The fraction of sp³-hybridized carbons (Fsp3) is 0.800. The van der Waals surface area contributed by atoms with Crippen LogP contribution in [0.3, 0.4) is 0 Å². The highest BCUT2D eigenvalue weighted by atomic mass is 16.8. The molecule has 0 radical (unpaired) electrons. The fourth-order valence-electron chi connectivity index (χ4n) is 1.90. The lowest BCUT2D eigenvalue weighted by atomic mass is 10.0. The first-order chi connectivity index (χ1) is 7.03. The molecule has 5 nitrogen and oxygen atoms in total. The first kappa shape index (κ1) is 10.9. The Labute approximate surface area is 88.3 Å². The Morgan fingerprint density at radius 1 is 1.33 bits per heavy atom. The summed E-state index contributed by atoms with van der Waals surface area (Å²) >= 11 is 0. The zero-order valence-corrected chi connectivity index (χ0v) is 8.79. The number of hydrogen-bond donors (Lipinski definition) is 2. The molecule has 86 valence electrons. The average Bonchev–Trinajstić information content (AvgIpc) is 2.40. The summed E-state index contributed by atoms with van der Waals surface area (Å²) in [6, 6.07) is 0. The minimum atomic E-state index is -0.892. The number of aliphatic hydroxyl groups excluding tert-OH is 2. The maximum Gasteiger partial charge on any atom is 0.164 e. The second kappa shape index (κ2) is 3.75. The van der Waals surface area contributed by atoms with Gasteiger partial charge in [-0.05, 0) is 19.9 Å². The summed E-state index contributed by atoms with van der Waals surface area (Å²) in [6.45, 7) is 3.33. The van der Waals surface area contributed by atoms with Gasteiger partial charge in [0.2, 0.25) is 0 Å². The van der Waals surface area contributed by atoms with Crippen molar-refractivity contribution in [2.45, 2.75) is 44.1 Å². The van der Waals surface area contributed by atoms with Crippen LogP contribution in [-0.4, -0.2) is 47.0 Å². The molecule has 0 saturated carbocycles. The normalized spacial score (nSPS) is 43.2. The van der Waals surface area contributed by atoms with E-state index in [0.29, 0.717) is 0 Å². The Bertz CT molecular complexity index is 263. The van der Waals surface area contributed by atoms with Gasteiger partial charge in [-0.1, -0.05) is 0 Å². The molecule has 15 heavy (non-hydrogen) atoms. The number of fused-ring (bicyclic) bond motifs is 1. The van der Waals surface area contributed by atoms with Gasteiger partial charge in [-0.25, -0.2) is 0 Å². The third-order valence-electron chi connectivity index (χ3n) is 2.58. The van der Waals surface area contributed by atoms with E-state index in [4.69, 9.17) is 19.3 Å². The van der Waals surface area contributed by atoms with Crippen molar-refractivity contribution < 1.29 is 24.4 Å². The van der Waals surface area contributed by atoms with Gasteiger partial charge in [0.1, 0.15) is 24.4 Å². The first-order valence-corrected chi connectivity index (χ1v) is 5.00. The molecule has 2 aliphatic heterocycles. The summed E-state index contributed by atoms with van der Waals surface area (Å²) in [6.07, 6.45) is 0.769. The van der Waals surface area contributed by atoms with Crippen LogP contribution in [0.5, 0.6) is 0 Å². The van der Waals surface area contributed by atoms with E-state index in [1.165, 1.54) is 6.26 Å². The molecule has 0 aliphatic carbocycles. The maximum atomic E-state index is 9.92. The highest BCUT2D eigenvalue weighted by Gasteiger charge is 2.47. The molecule has 5 heteroatoms. The van der Waals surface area contributed by atoms with Crippen LogP contribution in [0, 0.1) is 0 Å². The van der Waals surface area contributed by atoms with Gasteiger partial charge in [0, 0.05) is 0 Å². The number of rotatable bonds is 1. The quantitative estimate of drug-likeness (QED) is 0.634. The van der Waals surface area contributed by atoms with Crippen LogP contribution in [0.15, 0.2) is 12.3 Å². The van der Waals surface area contributed by atoms with E-state index in [-0.39, 0.29) is 12.7 Å². The van der Waals surface area contributed by atoms with Crippen molar-refractivity contribution in [2.24, 2.45) is 0 Å². The second-order valence-electron chi connectivity index (χ2n) is 4.24. The van der Waals surface area contributed by atoms with Gasteiger partial charge in [-0.3, -0.25) is 0 Å². The lowest BCUT2D eigenvalue weighted by molar-refractivity contribution is -0.165. The van der Waals surface area contributed by atoms with Crippen molar-refractivity contribution in [2.75, 3.05) is 6.61 Å². The van der Waals surface area contributed by atoms with Crippen LogP contribution >= 0.6 is 0 Å². The molecule has 1 fully saturated rings. The molecular weight excluding hydrogens is 200 g/mol. The zero-order valence-electron chi connectivity index (χ0n) is 8.79. The summed E-state index contributed by atoms with van der Waals surface area (Å²) in [5, 5.41) is 18.9. The van der Waals surface area contributed by atoms with Crippen LogP contribution in [0.4, 0.5) is 0 Å². The molecule has 0 aromatic carbocycles. The molecule has 3 unspecified atom stereocenters. The largest absolute Gasteiger partial charge is 0.493 e. The summed E-state index contributed by atoms with van der Waals surface area (Å²) < 4.78 is 16.3. The van der Waals surface area contributed by atoms with Gasteiger partial charge in [0.25, 0.3) is 0 Å². The highest BCUT2D eigenvalue weighted by Crippen LogP contribution is 2.33. The lowest BCUT2D eigenvalue weighted by Crippen LogP contribution is -2.43. The van der Waals surface area contributed by atoms with E-state index in [1.54, 1.807) is 19.9 Å². The van der Waals surface area contributed by atoms with Gasteiger partial charge in [-0.2, -0.15) is 0 Å². The predicted octanol–water partition coefficient (Wildman–Crippen LogP) is -0.228. The average molecular weight is 216 g/mol. The van der Waals surface area contributed by atoms with E-state index >= 15 is 0 Å².